The van der Waals surface area contributed by atoms with Crippen molar-refractivity contribution in [3.63, 3.8) is 0 Å². The summed E-state index contributed by atoms with van der Waals surface area (Å²) in [6.45, 7) is 0.125. The minimum absolute atomic E-state index is 0.125. The molecule has 0 N–H and O–H groups in total. The van der Waals surface area contributed by atoms with Crippen molar-refractivity contribution in [3.05, 3.63) is 70.8 Å². The maximum absolute atomic E-state index is 13.6. The number of amides is 1. The van der Waals surface area contributed by atoms with E-state index in [4.69, 9.17) is 0 Å². The number of halogens is 4. The molecular formula is C15H11F4NO. The lowest BCUT2D eigenvalue weighted by atomic mass is 10.1. The van der Waals surface area contributed by atoms with Gasteiger partial charge in [0.1, 0.15) is 0 Å². The molecule has 0 fully saturated rings. The first-order valence-corrected chi connectivity index (χ1v) is 6.04. The molecule has 0 saturated carbocycles. The van der Waals surface area contributed by atoms with Gasteiger partial charge < -0.3 is 4.90 Å². The minimum atomic E-state index is -1.99. The van der Waals surface area contributed by atoms with Gasteiger partial charge >= 0.3 is 0 Å². The molecule has 2 aromatic rings. The third kappa shape index (κ3) is 3.04. The Kier molecular flexibility index (Phi) is 4.26. The van der Waals surface area contributed by atoms with E-state index in [0.29, 0.717) is 6.07 Å². The molecule has 0 aliphatic heterocycles. The zero-order valence-corrected chi connectivity index (χ0v) is 11.0. The summed E-state index contributed by atoms with van der Waals surface area (Å²) in [5, 5.41) is 0. The van der Waals surface area contributed by atoms with Gasteiger partial charge in [0.05, 0.1) is 5.56 Å². The van der Waals surface area contributed by atoms with Crippen LogP contribution in [0.2, 0.25) is 0 Å². The highest BCUT2D eigenvalue weighted by atomic mass is 19.2. The number of carbonyl (C=O) groups is 1. The molecule has 21 heavy (non-hydrogen) atoms. The van der Waals surface area contributed by atoms with Crippen molar-refractivity contribution in [3.8, 4) is 0 Å². The van der Waals surface area contributed by atoms with Gasteiger partial charge in [-0.15, -0.1) is 0 Å². The summed E-state index contributed by atoms with van der Waals surface area (Å²) >= 11 is 0. The molecule has 2 rings (SSSR count). The van der Waals surface area contributed by atoms with E-state index in [-0.39, 0.29) is 6.54 Å². The van der Waals surface area contributed by atoms with Crippen molar-refractivity contribution in [2.75, 3.05) is 7.05 Å². The Hall–Kier alpha value is -2.37. The number of carbonyl (C=O) groups excluding carboxylic acids is 1. The SMILES string of the molecule is CN(Cc1ccccc1)C(=O)c1cc(F)c(F)c(F)c1F. The average molecular weight is 297 g/mol. The predicted octanol–water partition coefficient (Wildman–Crippen LogP) is 3.52. The summed E-state index contributed by atoms with van der Waals surface area (Å²) < 4.78 is 52.7. The van der Waals surface area contributed by atoms with Crippen LogP contribution in [-0.2, 0) is 6.54 Å². The van der Waals surface area contributed by atoms with E-state index in [1.165, 1.54) is 7.05 Å². The Morgan fingerprint density at radius 3 is 2.24 bits per heavy atom. The molecule has 2 aromatic carbocycles. The van der Waals surface area contributed by atoms with Gasteiger partial charge in [-0.25, -0.2) is 17.6 Å². The van der Waals surface area contributed by atoms with Crippen LogP contribution < -0.4 is 0 Å². The largest absolute Gasteiger partial charge is 0.337 e. The van der Waals surface area contributed by atoms with E-state index >= 15 is 0 Å². The van der Waals surface area contributed by atoms with Crippen molar-refractivity contribution in [1.29, 1.82) is 0 Å². The van der Waals surface area contributed by atoms with Gasteiger partial charge in [-0.1, -0.05) is 30.3 Å². The second-order valence-electron chi connectivity index (χ2n) is 4.49. The van der Waals surface area contributed by atoms with Crippen molar-refractivity contribution < 1.29 is 22.4 Å². The molecule has 0 aromatic heterocycles. The number of benzene rings is 2. The molecule has 0 saturated heterocycles. The third-order valence-corrected chi connectivity index (χ3v) is 2.94. The van der Waals surface area contributed by atoms with E-state index in [9.17, 15) is 22.4 Å². The quantitative estimate of drug-likeness (QED) is 0.482. The van der Waals surface area contributed by atoms with Crippen molar-refractivity contribution in [1.82, 2.24) is 4.90 Å². The molecule has 6 heteroatoms. The molecule has 0 heterocycles. The first-order chi connectivity index (χ1) is 9.91. The highest BCUT2D eigenvalue weighted by Crippen LogP contribution is 2.20. The number of hydrogen-bond acceptors (Lipinski definition) is 1. The Morgan fingerprint density at radius 2 is 1.62 bits per heavy atom. The fourth-order valence-electron chi connectivity index (χ4n) is 1.86. The Balaban J connectivity index is 2.28. The van der Waals surface area contributed by atoms with Crippen LogP contribution in [0.5, 0.6) is 0 Å². The molecule has 2 nitrogen and oxygen atoms in total. The van der Waals surface area contributed by atoms with Gasteiger partial charge in [0.25, 0.3) is 5.91 Å². The first kappa shape index (κ1) is 15.0. The van der Waals surface area contributed by atoms with Gasteiger partial charge in [-0.3, -0.25) is 4.79 Å². The Bertz CT molecular complexity index is 673. The van der Waals surface area contributed by atoms with Crippen LogP contribution in [0.3, 0.4) is 0 Å². The third-order valence-electron chi connectivity index (χ3n) is 2.94. The zero-order chi connectivity index (χ0) is 15.6. The van der Waals surface area contributed by atoms with Crippen LogP contribution in [0.25, 0.3) is 0 Å². The molecule has 0 radical (unpaired) electrons. The lowest BCUT2D eigenvalue weighted by Crippen LogP contribution is -2.27. The van der Waals surface area contributed by atoms with Crippen LogP contribution in [0.15, 0.2) is 36.4 Å². The maximum atomic E-state index is 13.6. The van der Waals surface area contributed by atoms with Crippen molar-refractivity contribution in [2.24, 2.45) is 0 Å². The van der Waals surface area contributed by atoms with Crippen LogP contribution in [0, 0.1) is 23.3 Å². The topological polar surface area (TPSA) is 20.3 Å². The highest BCUT2D eigenvalue weighted by Gasteiger charge is 2.24. The molecule has 0 spiro atoms. The van der Waals surface area contributed by atoms with Gasteiger partial charge in [-0.05, 0) is 11.6 Å². The van der Waals surface area contributed by atoms with Gasteiger partial charge in [0.15, 0.2) is 23.3 Å². The van der Waals surface area contributed by atoms with Crippen LogP contribution in [0.1, 0.15) is 15.9 Å². The summed E-state index contributed by atoms with van der Waals surface area (Å²) in [5.74, 6) is -8.17. The fraction of sp³-hybridized carbons (Fsp3) is 0.133. The summed E-state index contributed by atoms with van der Waals surface area (Å²) in [7, 11) is 1.36. The second-order valence-corrected chi connectivity index (χ2v) is 4.49. The van der Waals surface area contributed by atoms with Crippen LogP contribution in [0.4, 0.5) is 17.6 Å². The maximum Gasteiger partial charge on any atom is 0.257 e. The molecule has 0 atom stereocenters. The van der Waals surface area contributed by atoms with Gasteiger partial charge in [0, 0.05) is 13.6 Å². The summed E-state index contributed by atoms with van der Waals surface area (Å²) in [4.78, 5) is 13.1. The second kappa shape index (κ2) is 5.95. The minimum Gasteiger partial charge on any atom is -0.337 e. The monoisotopic (exact) mass is 297 g/mol. The standard InChI is InChI=1S/C15H11F4NO/c1-20(8-9-5-3-2-4-6-9)15(21)10-7-11(16)13(18)14(19)12(10)17/h2-7H,8H2,1H3. The fourth-order valence-corrected chi connectivity index (χ4v) is 1.86. The van der Waals surface area contributed by atoms with Gasteiger partial charge in [-0.2, -0.15) is 0 Å². The smallest absolute Gasteiger partial charge is 0.257 e. The van der Waals surface area contributed by atoms with E-state index in [2.05, 4.69) is 0 Å². The zero-order valence-electron chi connectivity index (χ0n) is 11.0. The summed E-state index contributed by atoms with van der Waals surface area (Å²) in [6, 6.07) is 9.14. The van der Waals surface area contributed by atoms with E-state index in [1.807, 2.05) is 0 Å². The summed E-state index contributed by atoms with van der Waals surface area (Å²) in [5.41, 5.74) is -0.0818. The normalized spacial score (nSPS) is 10.5. The molecular weight excluding hydrogens is 286 g/mol. The van der Waals surface area contributed by atoms with E-state index in [1.54, 1.807) is 30.3 Å². The first-order valence-electron chi connectivity index (χ1n) is 6.04. The number of hydrogen-bond donors (Lipinski definition) is 0. The van der Waals surface area contributed by atoms with Crippen molar-refractivity contribution >= 4 is 5.91 Å². The molecule has 0 aliphatic carbocycles. The number of rotatable bonds is 3. The predicted molar refractivity (Wildman–Crippen MR) is 68.5 cm³/mol. The lowest BCUT2D eigenvalue weighted by molar-refractivity contribution is 0.0778. The molecule has 1 amide bonds. The van der Waals surface area contributed by atoms with E-state index < -0.39 is 34.7 Å². The van der Waals surface area contributed by atoms with Crippen molar-refractivity contribution in [2.45, 2.75) is 6.54 Å². The number of nitrogens with zero attached hydrogens (tertiary/aromatic N) is 1. The highest BCUT2D eigenvalue weighted by molar-refractivity contribution is 5.94. The van der Waals surface area contributed by atoms with Crippen LogP contribution >= 0.6 is 0 Å². The lowest BCUT2D eigenvalue weighted by Gasteiger charge is -2.18. The molecule has 110 valence electrons. The van der Waals surface area contributed by atoms with Gasteiger partial charge in [0.2, 0.25) is 0 Å². The Labute approximate surface area is 118 Å². The molecule has 0 bridgehead atoms. The molecule has 0 unspecified atom stereocenters. The Morgan fingerprint density at radius 1 is 1.00 bits per heavy atom. The van der Waals surface area contributed by atoms with Crippen LogP contribution in [-0.4, -0.2) is 17.9 Å². The summed E-state index contributed by atoms with van der Waals surface area (Å²) in [6.07, 6.45) is 0. The van der Waals surface area contributed by atoms with E-state index in [0.717, 1.165) is 10.5 Å². The average Bonchev–Trinajstić information content (AvgIpc) is 2.49. The molecule has 0 aliphatic rings.